The van der Waals surface area contributed by atoms with Gasteiger partial charge in [0.25, 0.3) is 5.91 Å². The first-order valence-corrected chi connectivity index (χ1v) is 6.20. The number of benzene rings is 1. The highest BCUT2D eigenvalue weighted by Gasteiger charge is 2.07. The summed E-state index contributed by atoms with van der Waals surface area (Å²) >= 11 is 0. The first-order chi connectivity index (χ1) is 9.08. The van der Waals surface area contributed by atoms with Crippen LogP contribution in [0.5, 0.6) is 0 Å². The van der Waals surface area contributed by atoms with Gasteiger partial charge < -0.3 is 21.7 Å². The summed E-state index contributed by atoms with van der Waals surface area (Å²) in [5, 5.41) is 8.21. The SMILES string of the molecule is CCCNC(=O)CNc1cc(C(=O)NC)ccc1N. The van der Waals surface area contributed by atoms with Crippen LogP contribution in [-0.2, 0) is 4.79 Å². The van der Waals surface area contributed by atoms with Crippen LogP contribution in [0.4, 0.5) is 11.4 Å². The van der Waals surface area contributed by atoms with Gasteiger partial charge in [-0.1, -0.05) is 6.92 Å². The van der Waals surface area contributed by atoms with Crippen molar-refractivity contribution < 1.29 is 9.59 Å². The van der Waals surface area contributed by atoms with Crippen molar-refractivity contribution in [1.82, 2.24) is 10.6 Å². The molecule has 0 heterocycles. The van der Waals surface area contributed by atoms with Crippen LogP contribution in [0.25, 0.3) is 0 Å². The van der Waals surface area contributed by atoms with Crippen molar-refractivity contribution in [3.05, 3.63) is 23.8 Å². The van der Waals surface area contributed by atoms with E-state index in [2.05, 4.69) is 16.0 Å². The molecule has 0 fully saturated rings. The van der Waals surface area contributed by atoms with Crippen LogP contribution in [0, 0.1) is 0 Å². The lowest BCUT2D eigenvalue weighted by Gasteiger charge is -2.11. The molecule has 6 heteroatoms. The number of nitrogens with one attached hydrogen (secondary N) is 3. The third kappa shape index (κ3) is 4.50. The van der Waals surface area contributed by atoms with E-state index < -0.39 is 0 Å². The van der Waals surface area contributed by atoms with Crippen molar-refractivity contribution in [2.75, 3.05) is 31.2 Å². The highest BCUT2D eigenvalue weighted by atomic mass is 16.2. The molecule has 0 atom stereocenters. The number of nitrogen functional groups attached to an aromatic ring is 1. The highest BCUT2D eigenvalue weighted by Crippen LogP contribution is 2.19. The van der Waals surface area contributed by atoms with E-state index >= 15 is 0 Å². The predicted octanol–water partition coefficient (Wildman–Crippen LogP) is 0.566. The van der Waals surface area contributed by atoms with Gasteiger partial charge in [-0.3, -0.25) is 9.59 Å². The largest absolute Gasteiger partial charge is 0.397 e. The zero-order valence-corrected chi connectivity index (χ0v) is 11.2. The molecule has 0 saturated heterocycles. The molecule has 1 aromatic rings. The van der Waals surface area contributed by atoms with Gasteiger partial charge in [-0.15, -0.1) is 0 Å². The smallest absolute Gasteiger partial charge is 0.251 e. The van der Waals surface area contributed by atoms with E-state index in [4.69, 9.17) is 5.73 Å². The zero-order valence-electron chi connectivity index (χ0n) is 11.2. The van der Waals surface area contributed by atoms with Crippen molar-refractivity contribution in [2.24, 2.45) is 0 Å². The van der Waals surface area contributed by atoms with Crippen LogP contribution in [0.2, 0.25) is 0 Å². The molecule has 0 radical (unpaired) electrons. The van der Waals surface area contributed by atoms with Gasteiger partial charge in [0.15, 0.2) is 0 Å². The van der Waals surface area contributed by atoms with Crippen LogP contribution < -0.4 is 21.7 Å². The molecule has 0 spiro atoms. The standard InChI is InChI=1S/C13H20N4O2/c1-3-6-16-12(18)8-17-11-7-9(13(19)15-2)4-5-10(11)14/h4-5,7,17H,3,6,8,14H2,1-2H3,(H,15,19)(H,16,18). The Morgan fingerprint density at radius 2 is 2.05 bits per heavy atom. The topological polar surface area (TPSA) is 96.2 Å². The Labute approximate surface area is 112 Å². The van der Waals surface area contributed by atoms with Gasteiger partial charge >= 0.3 is 0 Å². The summed E-state index contributed by atoms with van der Waals surface area (Å²) < 4.78 is 0. The van der Waals surface area contributed by atoms with Gasteiger partial charge in [0.1, 0.15) is 0 Å². The summed E-state index contributed by atoms with van der Waals surface area (Å²) in [7, 11) is 1.56. The molecular weight excluding hydrogens is 244 g/mol. The third-order valence-corrected chi connectivity index (χ3v) is 2.55. The number of amides is 2. The number of nitrogens with two attached hydrogens (primary N) is 1. The van der Waals surface area contributed by atoms with Gasteiger partial charge in [0.05, 0.1) is 17.9 Å². The van der Waals surface area contributed by atoms with Crippen molar-refractivity contribution >= 4 is 23.2 Å². The van der Waals surface area contributed by atoms with Gasteiger partial charge in [-0.25, -0.2) is 0 Å². The van der Waals surface area contributed by atoms with E-state index in [-0.39, 0.29) is 18.4 Å². The van der Waals surface area contributed by atoms with Gasteiger partial charge in [-0.2, -0.15) is 0 Å². The van der Waals surface area contributed by atoms with Gasteiger partial charge in [0.2, 0.25) is 5.91 Å². The van der Waals surface area contributed by atoms with Crippen molar-refractivity contribution in [3.8, 4) is 0 Å². The lowest BCUT2D eigenvalue weighted by Crippen LogP contribution is -2.30. The minimum Gasteiger partial charge on any atom is -0.397 e. The second-order valence-corrected chi connectivity index (χ2v) is 4.08. The molecule has 0 bridgehead atoms. The van der Waals surface area contributed by atoms with Gasteiger partial charge in [-0.05, 0) is 24.6 Å². The summed E-state index contributed by atoms with van der Waals surface area (Å²) in [5.41, 5.74) is 7.36. The van der Waals surface area contributed by atoms with Crippen LogP contribution in [0.3, 0.4) is 0 Å². The zero-order chi connectivity index (χ0) is 14.3. The quantitative estimate of drug-likeness (QED) is 0.565. The fourth-order valence-electron chi connectivity index (χ4n) is 1.50. The molecule has 0 unspecified atom stereocenters. The summed E-state index contributed by atoms with van der Waals surface area (Å²) in [5.74, 6) is -0.301. The predicted molar refractivity (Wildman–Crippen MR) is 76.0 cm³/mol. The van der Waals surface area contributed by atoms with E-state index in [1.807, 2.05) is 6.92 Å². The Morgan fingerprint density at radius 3 is 2.68 bits per heavy atom. The minimum absolute atomic E-state index is 0.105. The Hall–Kier alpha value is -2.24. The fraction of sp³-hybridized carbons (Fsp3) is 0.385. The molecule has 0 aliphatic rings. The lowest BCUT2D eigenvalue weighted by molar-refractivity contribution is -0.119. The number of anilines is 2. The molecule has 0 saturated carbocycles. The average molecular weight is 264 g/mol. The fourth-order valence-corrected chi connectivity index (χ4v) is 1.50. The maximum Gasteiger partial charge on any atom is 0.251 e. The molecule has 5 N–H and O–H groups in total. The minimum atomic E-state index is -0.196. The molecule has 104 valence electrons. The molecule has 1 rings (SSSR count). The number of carbonyl (C=O) groups is 2. The van der Waals surface area contributed by atoms with Gasteiger partial charge in [0, 0.05) is 19.2 Å². The molecule has 1 aromatic carbocycles. The van der Waals surface area contributed by atoms with E-state index in [9.17, 15) is 9.59 Å². The lowest BCUT2D eigenvalue weighted by atomic mass is 10.1. The van der Waals surface area contributed by atoms with Crippen molar-refractivity contribution in [3.63, 3.8) is 0 Å². The second kappa shape index (κ2) is 7.25. The highest BCUT2D eigenvalue weighted by molar-refractivity contribution is 5.96. The average Bonchev–Trinajstić information content (AvgIpc) is 2.43. The Kier molecular flexibility index (Phi) is 5.66. The van der Waals surface area contributed by atoms with Crippen LogP contribution >= 0.6 is 0 Å². The number of rotatable bonds is 6. The van der Waals surface area contributed by atoms with E-state index in [0.717, 1.165) is 6.42 Å². The van der Waals surface area contributed by atoms with Crippen LogP contribution in [0.1, 0.15) is 23.7 Å². The number of carbonyl (C=O) groups excluding carboxylic acids is 2. The number of hydrogen-bond acceptors (Lipinski definition) is 4. The van der Waals surface area contributed by atoms with E-state index in [0.29, 0.717) is 23.5 Å². The first-order valence-electron chi connectivity index (χ1n) is 6.20. The molecule has 6 nitrogen and oxygen atoms in total. The molecule has 2 amide bonds. The maximum absolute atomic E-state index is 11.5. The normalized spacial score (nSPS) is 9.79. The second-order valence-electron chi connectivity index (χ2n) is 4.08. The third-order valence-electron chi connectivity index (χ3n) is 2.55. The Bertz CT molecular complexity index is 460. The molecule has 0 aliphatic carbocycles. The van der Waals surface area contributed by atoms with Crippen molar-refractivity contribution in [2.45, 2.75) is 13.3 Å². The van der Waals surface area contributed by atoms with E-state index in [1.54, 1.807) is 25.2 Å². The van der Waals surface area contributed by atoms with Crippen LogP contribution in [0.15, 0.2) is 18.2 Å². The summed E-state index contributed by atoms with van der Waals surface area (Å²) in [6.45, 7) is 2.76. The Morgan fingerprint density at radius 1 is 1.32 bits per heavy atom. The summed E-state index contributed by atoms with van der Waals surface area (Å²) in [6.07, 6.45) is 0.889. The molecule has 19 heavy (non-hydrogen) atoms. The first kappa shape index (κ1) is 14.8. The number of hydrogen-bond donors (Lipinski definition) is 4. The molecule has 0 aliphatic heterocycles. The van der Waals surface area contributed by atoms with Crippen molar-refractivity contribution in [1.29, 1.82) is 0 Å². The molecular formula is C13H20N4O2. The maximum atomic E-state index is 11.5. The van der Waals surface area contributed by atoms with E-state index in [1.165, 1.54) is 0 Å². The summed E-state index contributed by atoms with van der Waals surface area (Å²) in [6, 6.07) is 4.90. The molecule has 0 aromatic heterocycles. The Balaban J connectivity index is 2.67. The summed E-state index contributed by atoms with van der Waals surface area (Å²) in [4.78, 5) is 23.0. The monoisotopic (exact) mass is 264 g/mol. The van der Waals surface area contributed by atoms with Crippen LogP contribution in [-0.4, -0.2) is 32.0 Å².